The number of hydrogen-bond donors (Lipinski definition) is 3. The smallest absolute Gasteiger partial charge is 0.311 e. The second-order valence-electron chi connectivity index (χ2n) is 6.21. The number of benzene rings is 3. The molecule has 0 spiro atoms. The molecule has 0 unspecified atom stereocenters. The number of carbonyl (C=O) groups is 2. The first-order valence-corrected chi connectivity index (χ1v) is 8.16. The third-order valence-corrected chi connectivity index (χ3v) is 4.45. The topological polar surface area (TPSA) is 130 Å². The number of anilines is 2. The minimum atomic E-state index is -0.840. The number of nitrogens with zero attached hydrogens (tertiary/aromatic N) is 1. The van der Waals surface area contributed by atoms with Crippen LogP contribution in [0.25, 0.3) is 0 Å². The molecule has 3 aromatic carbocycles. The molecule has 0 bridgehead atoms. The summed E-state index contributed by atoms with van der Waals surface area (Å²) >= 11 is 0. The number of carbonyl (C=O) groups excluding carboxylic acids is 2. The van der Waals surface area contributed by atoms with Gasteiger partial charge in [0, 0.05) is 34.5 Å². The molecule has 0 heterocycles. The first-order chi connectivity index (χ1) is 13.4. The van der Waals surface area contributed by atoms with E-state index in [0.29, 0.717) is 5.69 Å². The van der Waals surface area contributed by atoms with E-state index in [0.717, 1.165) is 18.2 Å². The molecule has 0 aliphatic heterocycles. The molecule has 1 aliphatic rings. The zero-order valence-electron chi connectivity index (χ0n) is 14.2. The fourth-order valence-corrected chi connectivity index (χ4v) is 3.20. The van der Waals surface area contributed by atoms with Gasteiger partial charge in [0.05, 0.1) is 16.2 Å². The Kier molecular flexibility index (Phi) is 3.82. The molecule has 0 aromatic heterocycles. The molecule has 4 rings (SSSR count). The van der Waals surface area contributed by atoms with Gasteiger partial charge < -0.3 is 15.5 Å². The Morgan fingerprint density at radius 3 is 2.21 bits per heavy atom. The summed E-state index contributed by atoms with van der Waals surface area (Å²) in [6.07, 6.45) is 0. The van der Waals surface area contributed by atoms with E-state index in [1.165, 1.54) is 6.07 Å². The molecule has 8 nitrogen and oxygen atoms in total. The third-order valence-electron chi connectivity index (χ3n) is 4.45. The molecule has 0 radical (unpaired) electrons. The fourth-order valence-electron chi connectivity index (χ4n) is 3.20. The molecular weight excluding hydrogens is 364 g/mol. The number of phenolic OH excluding ortho intramolecular Hbond substituents is 2. The molecule has 1 aliphatic carbocycles. The van der Waals surface area contributed by atoms with Crippen LogP contribution in [-0.2, 0) is 0 Å². The molecule has 28 heavy (non-hydrogen) atoms. The second kappa shape index (κ2) is 6.20. The lowest BCUT2D eigenvalue weighted by Crippen LogP contribution is -2.22. The first-order valence-electron chi connectivity index (χ1n) is 8.16. The van der Waals surface area contributed by atoms with E-state index in [-0.39, 0.29) is 33.7 Å². The minimum Gasteiger partial charge on any atom is -0.508 e. The number of hydrogen-bond acceptors (Lipinski definition) is 7. The van der Waals surface area contributed by atoms with Crippen molar-refractivity contribution in [2.75, 3.05) is 5.32 Å². The molecular formula is C20H12N2O6. The molecule has 0 atom stereocenters. The maximum Gasteiger partial charge on any atom is 0.311 e. The number of rotatable bonds is 3. The SMILES string of the molecule is O=C1c2cc([N+](=O)[O-])c(O)cc2C(=O)c2c(Nc3ccccc3)cc(O)cc21. The normalized spacial score (nSPS) is 12.3. The van der Waals surface area contributed by atoms with E-state index in [4.69, 9.17) is 0 Å². The first kappa shape index (κ1) is 17.2. The number of phenols is 2. The Hall–Kier alpha value is -4.20. The van der Waals surface area contributed by atoms with Gasteiger partial charge in [0.25, 0.3) is 0 Å². The van der Waals surface area contributed by atoms with E-state index < -0.39 is 27.9 Å². The Balaban J connectivity index is 1.91. The fraction of sp³-hybridized carbons (Fsp3) is 0. The summed E-state index contributed by atoms with van der Waals surface area (Å²) < 4.78 is 0. The quantitative estimate of drug-likeness (QED) is 0.368. The number of ketones is 2. The van der Waals surface area contributed by atoms with Gasteiger partial charge in [-0.3, -0.25) is 19.7 Å². The van der Waals surface area contributed by atoms with E-state index in [9.17, 15) is 29.9 Å². The average molecular weight is 376 g/mol. The molecule has 8 heteroatoms. The van der Waals surface area contributed by atoms with Crippen LogP contribution in [0.1, 0.15) is 31.8 Å². The van der Waals surface area contributed by atoms with Crippen molar-refractivity contribution < 1.29 is 24.7 Å². The number of para-hydroxylation sites is 1. The summed E-state index contributed by atoms with van der Waals surface area (Å²) in [6, 6.07) is 13.1. The average Bonchev–Trinajstić information content (AvgIpc) is 2.66. The predicted octanol–water partition coefficient (Wildman–Crippen LogP) is 3.53. The number of nitrogens with one attached hydrogen (secondary N) is 1. The molecule has 0 saturated heterocycles. The van der Waals surface area contributed by atoms with Crippen molar-refractivity contribution in [2.24, 2.45) is 0 Å². The summed E-state index contributed by atoms with van der Waals surface area (Å²) in [7, 11) is 0. The van der Waals surface area contributed by atoms with Crippen molar-refractivity contribution in [3.63, 3.8) is 0 Å². The number of fused-ring (bicyclic) bond motifs is 2. The van der Waals surface area contributed by atoms with Gasteiger partial charge in [0.2, 0.25) is 0 Å². The highest BCUT2D eigenvalue weighted by Gasteiger charge is 2.35. The van der Waals surface area contributed by atoms with E-state index in [2.05, 4.69) is 5.32 Å². The largest absolute Gasteiger partial charge is 0.508 e. The number of nitro groups is 1. The van der Waals surface area contributed by atoms with Crippen LogP contribution in [0, 0.1) is 10.1 Å². The maximum absolute atomic E-state index is 13.1. The molecule has 3 N–H and O–H groups in total. The van der Waals surface area contributed by atoms with Crippen molar-refractivity contribution in [1.82, 2.24) is 0 Å². The van der Waals surface area contributed by atoms with Crippen LogP contribution >= 0.6 is 0 Å². The van der Waals surface area contributed by atoms with E-state index in [1.807, 2.05) is 6.07 Å². The predicted molar refractivity (Wildman–Crippen MR) is 99.5 cm³/mol. The third kappa shape index (κ3) is 2.64. The Morgan fingerprint density at radius 2 is 1.54 bits per heavy atom. The zero-order chi connectivity index (χ0) is 20.0. The van der Waals surface area contributed by atoms with E-state index in [1.54, 1.807) is 24.3 Å². The number of nitro benzene ring substituents is 1. The van der Waals surface area contributed by atoms with Crippen LogP contribution in [-0.4, -0.2) is 26.7 Å². The van der Waals surface area contributed by atoms with Gasteiger partial charge in [0.1, 0.15) is 5.75 Å². The highest BCUT2D eigenvalue weighted by molar-refractivity contribution is 6.30. The molecule has 0 amide bonds. The molecule has 3 aromatic rings. The van der Waals surface area contributed by atoms with Crippen molar-refractivity contribution in [2.45, 2.75) is 0 Å². The maximum atomic E-state index is 13.1. The Morgan fingerprint density at radius 1 is 0.857 bits per heavy atom. The lowest BCUT2D eigenvalue weighted by molar-refractivity contribution is -0.385. The van der Waals surface area contributed by atoms with Gasteiger partial charge in [-0.15, -0.1) is 0 Å². The van der Waals surface area contributed by atoms with Gasteiger partial charge in [-0.25, -0.2) is 0 Å². The van der Waals surface area contributed by atoms with Crippen molar-refractivity contribution in [3.8, 4) is 11.5 Å². The summed E-state index contributed by atoms with van der Waals surface area (Å²) in [6.45, 7) is 0. The standard InChI is InChI=1S/C20H12N2O6/c23-11-6-14-18(15(7-11)21-10-4-2-1-3-5-10)20(26)13-9-17(24)16(22(27)28)8-12(13)19(14)25/h1-9,21,23-24H. The van der Waals surface area contributed by atoms with Gasteiger partial charge in [-0.05, 0) is 24.3 Å². The van der Waals surface area contributed by atoms with Gasteiger partial charge >= 0.3 is 5.69 Å². The zero-order valence-corrected chi connectivity index (χ0v) is 14.2. The second-order valence-corrected chi connectivity index (χ2v) is 6.21. The Labute approximate surface area is 157 Å². The van der Waals surface area contributed by atoms with E-state index >= 15 is 0 Å². The van der Waals surface area contributed by atoms with Gasteiger partial charge in [-0.1, -0.05) is 18.2 Å². The van der Waals surface area contributed by atoms with Crippen molar-refractivity contribution in [1.29, 1.82) is 0 Å². The van der Waals surface area contributed by atoms with Gasteiger partial charge in [0.15, 0.2) is 17.3 Å². The summed E-state index contributed by atoms with van der Waals surface area (Å²) in [5.41, 5.74) is -0.217. The summed E-state index contributed by atoms with van der Waals surface area (Å²) in [4.78, 5) is 36.2. The van der Waals surface area contributed by atoms with Crippen LogP contribution in [0.15, 0.2) is 54.6 Å². The molecule has 138 valence electrons. The van der Waals surface area contributed by atoms with Crippen LogP contribution in [0.3, 0.4) is 0 Å². The summed E-state index contributed by atoms with van der Waals surface area (Å²) in [5, 5.41) is 34.0. The summed E-state index contributed by atoms with van der Waals surface area (Å²) in [5.74, 6) is -2.19. The highest BCUT2D eigenvalue weighted by atomic mass is 16.6. The lowest BCUT2D eigenvalue weighted by Gasteiger charge is -2.21. The van der Waals surface area contributed by atoms with Crippen molar-refractivity contribution >= 4 is 28.6 Å². The van der Waals surface area contributed by atoms with Gasteiger partial charge in [-0.2, -0.15) is 0 Å². The van der Waals surface area contributed by atoms with Crippen LogP contribution < -0.4 is 5.32 Å². The lowest BCUT2D eigenvalue weighted by atomic mass is 9.82. The Bertz CT molecular complexity index is 1170. The van der Waals surface area contributed by atoms with Crippen molar-refractivity contribution in [3.05, 3.63) is 87.0 Å². The highest BCUT2D eigenvalue weighted by Crippen LogP contribution is 2.39. The van der Waals surface area contributed by atoms with Crippen LogP contribution in [0.4, 0.5) is 17.1 Å². The monoisotopic (exact) mass is 376 g/mol. The minimum absolute atomic E-state index is 0.0207. The molecule has 0 fully saturated rings. The van der Waals surface area contributed by atoms with Crippen LogP contribution in [0.5, 0.6) is 11.5 Å². The molecule has 0 saturated carbocycles. The number of aromatic hydroxyl groups is 2. The van der Waals surface area contributed by atoms with Crippen LogP contribution in [0.2, 0.25) is 0 Å².